The average molecular weight is 370 g/mol. The Labute approximate surface area is 156 Å². The van der Waals surface area contributed by atoms with E-state index < -0.39 is 6.10 Å². The number of ether oxygens (including phenoxy) is 2. The minimum absolute atomic E-state index is 0.240. The standard InChI is InChI=1S/C19H16ClN3O3/c1-3-16-19(24)23-22-18(26-16)10-12-7-8-15(20)17(9-12)25-14-6-4-5-13(11-14)21-2/h4-9,11,16H,3,10H2,1H3,(H,23,24). The maximum absolute atomic E-state index is 11.6. The highest BCUT2D eigenvalue weighted by molar-refractivity contribution is 6.32. The van der Waals surface area contributed by atoms with Gasteiger partial charge in [0.05, 0.1) is 18.0 Å². The van der Waals surface area contributed by atoms with Gasteiger partial charge in [-0.1, -0.05) is 36.7 Å². The first-order valence-electron chi connectivity index (χ1n) is 8.06. The molecule has 1 amide bonds. The predicted molar refractivity (Wildman–Crippen MR) is 98.7 cm³/mol. The van der Waals surface area contributed by atoms with E-state index in [9.17, 15) is 4.79 Å². The molecular weight excluding hydrogens is 354 g/mol. The van der Waals surface area contributed by atoms with E-state index in [-0.39, 0.29) is 5.91 Å². The number of amides is 1. The molecule has 0 saturated heterocycles. The van der Waals surface area contributed by atoms with Crippen LogP contribution >= 0.6 is 11.6 Å². The topological polar surface area (TPSA) is 64.3 Å². The zero-order chi connectivity index (χ0) is 18.5. The summed E-state index contributed by atoms with van der Waals surface area (Å²) in [5.74, 6) is 1.19. The van der Waals surface area contributed by atoms with E-state index in [1.165, 1.54) is 0 Å². The summed E-state index contributed by atoms with van der Waals surface area (Å²) >= 11 is 6.22. The number of benzene rings is 2. The van der Waals surface area contributed by atoms with Crippen molar-refractivity contribution in [3.05, 3.63) is 64.5 Å². The van der Waals surface area contributed by atoms with Crippen LogP contribution in [-0.4, -0.2) is 17.9 Å². The van der Waals surface area contributed by atoms with Crippen LogP contribution in [0.5, 0.6) is 11.5 Å². The summed E-state index contributed by atoms with van der Waals surface area (Å²) in [6, 6.07) is 12.2. The first-order valence-corrected chi connectivity index (χ1v) is 8.43. The summed E-state index contributed by atoms with van der Waals surface area (Å²) in [6.45, 7) is 8.95. The molecule has 0 fully saturated rings. The van der Waals surface area contributed by atoms with Gasteiger partial charge < -0.3 is 9.47 Å². The number of hydrazone groups is 1. The fourth-order valence-corrected chi connectivity index (χ4v) is 2.59. The van der Waals surface area contributed by atoms with Crippen molar-refractivity contribution < 1.29 is 14.3 Å². The van der Waals surface area contributed by atoms with Crippen LogP contribution in [0.4, 0.5) is 5.69 Å². The molecule has 1 N–H and O–H groups in total. The van der Waals surface area contributed by atoms with Gasteiger partial charge in [-0.3, -0.25) is 4.79 Å². The smallest absolute Gasteiger partial charge is 0.281 e. The van der Waals surface area contributed by atoms with E-state index in [0.717, 1.165) is 5.56 Å². The summed E-state index contributed by atoms with van der Waals surface area (Å²) in [7, 11) is 0. The molecule has 1 aliphatic heterocycles. The maximum Gasteiger partial charge on any atom is 0.281 e. The molecule has 0 radical (unpaired) electrons. The van der Waals surface area contributed by atoms with Crippen LogP contribution in [0.25, 0.3) is 4.85 Å². The number of hydrogen-bond donors (Lipinski definition) is 1. The summed E-state index contributed by atoms with van der Waals surface area (Å²) in [6.07, 6.45) is 0.436. The summed E-state index contributed by atoms with van der Waals surface area (Å²) in [5, 5.41) is 4.40. The SMILES string of the molecule is [C-]#[N+]c1cccc(Oc2cc(CC3=NNC(=O)C(CC)O3)ccc2Cl)c1. The van der Waals surface area contributed by atoms with E-state index in [1.54, 1.807) is 36.4 Å². The van der Waals surface area contributed by atoms with Crippen LogP contribution < -0.4 is 10.2 Å². The molecule has 1 aliphatic rings. The number of nitrogens with zero attached hydrogens (tertiary/aromatic N) is 2. The van der Waals surface area contributed by atoms with Crippen molar-refractivity contribution in [3.8, 4) is 11.5 Å². The van der Waals surface area contributed by atoms with Crippen molar-refractivity contribution in [1.29, 1.82) is 0 Å². The highest BCUT2D eigenvalue weighted by Crippen LogP contribution is 2.32. The molecule has 0 aromatic heterocycles. The second kappa shape index (κ2) is 7.89. The maximum atomic E-state index is 11.6. The fraction of sp³-hybridized carbons (Fsp3) is 0.211. The summed E-state index contributed by atoms with van der Waals surface area (Å²) < 4.78 is 11.4. The van der Waals surface area contributed by atoms with Crippen LogP contribution in [0.15, 0.2) is 47.6 Å². The van der Waals surface area contributed by atoms with Gasteiger partial charge in [0.25, 0.3) is 5.91 Å². The Bertz CT molecular complexity index is 905. The third-order valence-electron chi connectivity index (χ3n) is 3.76. The highest BCUT2D eigenvalue weighted by atomic mass is 35.5. The minimum Gasteiger partial charge on any atom is -0.466 e. The lowest BCUT2D eigenvalue weighted by Crippen LogP contribution is -2.40. The number of halogens is 1. The number of nitrogens with one attached hydrogen (secondary N) is 1. The fourth-order valence-electron chi connectivity index (χ4n) is 2.44. The molecule has 0 saturated carbocycles. The molecule has 2 aromatic rings. The Balaban J connectivity index is 1.77. The Morgan fingerprint density at radius 2 is 2.19 bits per heavy atom. The molecule has 0 aliphatic carbocycles. The van der Waals surface area contributed by atoms with Gasteiger partial charge in [-0.25, -0.2) is 10.3 Å². The molecule has 1 unspecified atom stereocenters. The molecular formula is C19H16ClN3O3. The third-order valence-corrected chi connectivity index (χ3v) is 4.07. The van der Waals surface area contributed by atoms with Crippen molar-refractivity contribution in [2.75, 3.05) is 0 Å². The average Bonchev–Trinajstić information content (AvgIpc) is 2.66. The zero-order valence-corrected chi connectivity index (χ0v) is 14.8. The molecule has 1 atom stereocenters. The normalized spacial score (nSPS) is 16.1. The summed E-state index contributed by atoms with van der Waals surface area (Å²) in [4.78, 5) is 15.0. The van der Waals surface area contributed by atoms with Crippen molar-refractivity contribution in [1.82, 2.24) is 5.43 Å². The molecule has 26 heavy (non-hydrogen) atoms. The van der Waals surface area contributed by atoms with Gasteiger partial charge >= 0.3 is 0 Å². The van der Waals surface area contributed by atoms with Crippen LogP contribution in [0.1, 0.15) is 18.9 Å². The van der Waals surface area contributed by atoms with Gasteiger partial charge in [-0.05, 0) is 36.2 Å². The van der Waals surface area contributed by atoms with Crippen molar-refractivity contribution in [3.63, 3.8) is 0 Å². The first kappa shape index (κ1) is 17.8. The van der Waals surface area contributed by atoms with E-state index in [1.807, 2.05) is 13.0 Å². The van der Waals surface area contributed by atoms with E-state index in [2.05, 4.69) is 15.4 Å². The lowest BCUT2D eigenvalue weighted by atomic mass is 10.1. The number of carbonyl (C=O) groups excluding carboxylic acids is 1. The monoisotopic (exact) mass is 369 g/mol. The second-order valence-electron chi connectivity index (χ2n) is 5.65. The van der Waals surface area contributed by atoms with Crippen LogP contribution in [0.2, 0.25) is 5.02 Å². The minimum atomic E-state index is -0.526. The quantitative estimate of drug-likeness (QED) is 0.791. The molecule has 7 heteroatoms. The largest absolute Gasteiger partial charge is 0.466 e. The molecule has 2 aromatic carbocycles. The molecule has 132 valence electrons. The van der Waals surface area contributed by atoms with Gasteiger partial charge in [0.2, 0.25) is 5.90 Å². The number of rotatable bonds is 5. The van der Waals surface area contributed by atoms with Gasteiger partial charge in [0, 0.05) is 0 Å². The Hall–Kier alpha value is -3.04. The lowest BCUT2D eigenvalue weighted by Gasteiger charge is -2.21. The van der Waals surface area contributed by atoms with Crippen molar-refractivity contribution >= 4 is 29.1 Å². The van der Waals surface area contributed by atoms with E-state index in [4.69, 9.17) is 27.6 Å². The summed E-state index contributed by atoms with van der Waals surface area (Å²) in [5.41, 5.74) is 3.83. The molecule has 3 rings (SSSR count). The molecule has 0 spiro atoms. The van der Waals surface area contributed by atoms with Crippen molar-refractivity contribution in [2.45, 2.75) is 25.9 Å². The van der Waals surface area contributed by atoms with Gasteiger partial charge in [-0.2, -0.15) is 0 Å². The molecule has 1 heterocycles. The van der Waals surface area contributed by atoms with E-state index >= 15 is 0 Å². The first-order chi connectivity index (χ1) is 12.6. The van der Waals surface area contributed by atoms with Gasteiger partial charge in [0.1, 0.15) is 11.5 Å². The predicted octanol–water partition coefficient (Wildman–Crippen LogP) is 4.46. The van der Waals surface area contributed by atoms with Crippen LogP contribution in [0.3, 0.4) is 0 Å². The zero-order valence-electron chi connectivity index (χ0n) is 14.0. The van der Waals surface area contributed by atoms with Gasteiger partial charge in [-0.15, -0.1) is 5.10 Å². The van der Waals surface area contributed by atoms with Gasteiger partial charge in [0.15, 0.2) is 11.8 Å². The lowest BCUT2D eigenvalue weighted by molar-refractivity contribution is -0.130. The van der Waals surface area contributed by atoms with Crippen LogP contribution in [-0.2, 0) is 16.0 Å². The molecule has 6 nitrogen and oxygen atoms in total. The molecule has 0 bridgehead atoms. The Morgan fingerprint density at radius 3 is 2.96 bits per heavy atom. The second-order valence-corrected chi connectivity index (χ2v) is 6.06. The van der Waals surface area contributed by atoms with E-state index in [0.29, 0.717) is 40.9 Å². The highest BCUT2D eigenvalue weighted by Gasteiger charge is 2.24. The third kappa shape index (κ3) is 4.13. The van der Waals surface area contributed by atoms with Crippen LogP contribution in [0, 0.1) is 6.57 Å². The van der Waals surface area contributed by atoms with Crippen molar-refractivity contribution in [2.24, 2.45) is 5.10 Å². The Morgan fingerprint density at radius 1 is 1.35 bits per heavy atom. The number of hydrogen-bond acceptors (Lipinski definition) is 4. The number of carbonyl (C=O) groups is 1. The Kier molecular flexibility index (Phi) is 5.40.